The van der Waals surface area contributed by atoms with E-state index in [1.165, 1.54) is 18.0 Å². The quantitative estimate of drug-likeness (QED) is 0.248. The number of hydrogen-bond acceptors (Lipinski definition) is 7. The molecule has 2 unspecified atom stereocenters. The second-order valence-corrected chi connectivity index (χ2v) is 10.4. The molecular formula is C25H28ClN5O5S. The highest BCUT2D eigenvalue weighted by molar-refractivity contribution is 7.98. The van der Waals surface area contributed by atoms with Crippen LogP contribution in [0.2, 0.25) is 5.02 Å². The first kappa shape index (κ1) is 26.9. The Morgan fingerprint density at radius 3 is 2.65 bits per heavy atom. The van der Waals surface area contributed by atoms with Gasteiger partial charge in [-0.25, -0.2) is 14.8 Å². The van der Waals surface area contributed by atoms with Crippen LogP contribution in [0.3, 0.4) is 0 Å². The number of nitrogens with one attached hydrogen (secondary N) is 2. The highest BCUT2D eigenvalue weighted by Crippen LogP contribution is 2.43. The minimum atomic E-state index is -1.22. The number of carboxylic acids is 1. The van der Waals surface area contributed by atoms with E-state index < -0.39 is 29.2 Å². The Balaban J connectivity index is 1.42. The first-order chi connectivity index (χ1) is 17.7. The standard InChI is InChI=1S/C25H28ClN5O5S/c1-3-25(12-16-5-4-10-31(16)23(25)36)22(35)29-18(21(33)34)11-14-6-8-15(9-7-14)28-20(32)19-17(26)13-27-24(30-19)37-2/h6-9,13,16,18H,3-5,10-12H2,1-2H3,(H,28,32)(H,29,35)(H,33,34)/t16?,18-,25?/m0/s1. The van der Waals surface area contributed by atoms with Crippen molar-refractivity contribution in [2.45, 2.75) is 56.3 Å². The van der Waals surface area contributed by atoms with Gasteiger partial charge in [0.15, 0.2) is 10.9 Å². The minimum Gasteiger partial charge on any atom is -0.480 e. The van der Waals surface area contributed by atoms with Crippen molar-refractivity contribution in [1.82, 2.24) is 20.2 Å². The zero-order valence-electron chi connectivity index (χ0n) is 20.5. The molecule has 2 aromatic rings. The highest BCUT2D eigenvalue weighted by atomic mass is 35.5. The fourth-order valence-electron chi connectivity index (χ4n) is 4.98. The lowest BCUT2D eigenvalue weighted by molar-refractivity contribution is -0.149. The molecule has 3 N–H and O–H groups in total. The molecule has 0 radical (unpaired) electrons. The van der Waals surface area contributed by atoms with E-state index in [-0.39, 0.29) is 29.1 Å². The van der Waals surface area contributed by atoms with Crippen molar-refractivity contribution >= 4 is 52.7 Å². The monoisotopic (exact) mass is 545 g/mol. The molecule has 4 rings (SSSR count). The number of nitrogens with zero attached hydrogens (tertiary/aromatic N) is 3. The van der Waals surface area contributed by atoms with E-state index in [1.807, 2.05) is 0 Å². The second-order valence-electron chi connectivity index (χ2n) is 9.21. The maximum atomic E-state index is 13.2. The van der Waals surface area contributed by atoms with E-state index >= 15 is 0 Å². The third kappa shape index (κ3) is 5.42. The number of fused-ring (bicyclic) bond motifs is 1. The Bertz CT molecular complexity index is 1230. The van der Waals surface area contributed by atoms with Gasteiger partial charge in [-0.15, -0.1) is 0 Å². The minimum absolute atomic E-state index is 0.0191. The SMILES string of the molecule is CCC1(C(=O)N[C@@H](Cc2ccc(NC(=O)c3nc(SC)ncc3Cl)cc2)C(=O)O)CC2CCCN2C1=O. The first-order valence-corrected chi connectivity index (χ1v) is 13.6. The van der Waals surface area contributed by atoms with Crippen LogP contribution in [0.4, 0.5) is 5.69 Å². The van der Waals surface area contributed by atoms with Crippen LogP contribution in [0.5, 0.6) is 0 Å². The molecule has 3 heterocycles. The number of amides is 3. The number of rotatable bonds is 9. The van der Waals surface area contributed by atoms with Crippen molar-refractivity contribution < 1.29 is 24.3 Å². The Morgan fingerprint density at radius 1 is 1.30 bits per heavy atom. The van der Waals surface area contributed by atoms with Crippen LogP contribution in [0.15, 0.2) is 35.6 Å². The van der Waals surface area contributed by atoms with Gasteiger partial charge in [-0.2, -0.15) is 0 Å². The van der Waals surface area contributed by atoms with Crippen molar-refractivity contribution in [1.29, 1.82) is 0 Å². The third-order valence-corrected chi connectivity index (χ3v) is 7.88. The van der Waals surface area contributed by atoms with E-state index in [2.05, 4.69) is 20.6 Å². The number of hydrogen-bond donors (Lipinski definition) is 3. The first-order valence-electron chi connectivity index (χ1n) is 12.0. The van der Waals surface area contributed by atoms with Gasteiger partial charge in [-0.1, -0.05) is 42.4 Å². The van der Waals surface area contributed by atoms with Crippen molar-refractivity contribution in [2.75, 3.05) is 18.1 Å². The number of carbonyl (C=O) groups is 4. The summed E-state index contributed by atoms with van der Waals surface area (Å²) in [4.78, 5) is 60.8. The fourth-order valence-corrected chi connectivity index (χ4v) is 5.50. The molecule has 10 nitrogen and oxygen atoms in total. The van der Waals surface area contributed by atoms with Gasteiger partial charge in [0.1, 0.15) is 11.5 Å². The summed E-state index contributed by atoms with van der Waals surface area (Å²) in [5.41, 5.74) is -0.0669. The number of aliphatic carboxylic acids is 1. The lowest BCUT2D eigenvalue weighted by Crippen LogP contribution is -2.52. The van der Waals surface area contributed by atoms with Gasteiger partial charge in [0.2, 0.25) is 11.8 Å². The van der Waals surface area contributed by atoms with Crippen molar-refractivity contribution in [2.24, 2.45) is 5.41 Å². The van der Waals surface area contributed by atoms with Gasteiger partial charge in [-0.05, 0) is 49.6 Å². The van der Waals surface area contributed by atoms with Gasteiger partial charge >= 0.3 is 5.97 Å². The molecule has 2 saturated heterocycles. The zero-order valence-corrected chi connectivity index (χ0v) is 22.1. The fraction of sp³-hybridized carbons (Fsp3) is 0.440. The Kier molecular flexibility index (Phi) is 8.03. The number of halogens is 1. The summed E-state index contributed by atoms with van der Waals surface area (Å²) in [6.45, 7) is 2.44. The molecule has 196 valence electrons. The summed E-state index contributed by atoms with van der Waals surface area (Å²) in [7, 11) is 0. The summed E-state index contributed by atoms with van der Waals surface area (Å²) >= 11 is 7.35. The average molecular weight is 546 g/mol. The van der Waals surface area contributed by atoms with Gasteiger partial charge in [-0.3, -0.25) is 14.4 Å². The predicted molar refractivity (Wildman–Crippen MR) is 139 cm³/mol. The largest absolute Gasteiger partial charge is 0.480 e. The lowest BCUT2D eigenvalue weighted by Gasteiger charge is -2.27. The molecule has 2 aliphatic rings. The van der Waals surface area contributed by atoms with Crippen molar-refractivity contribution in [3.05, 3.63) is 46.7 Å². The number of carbonyl (C=O) groups excluding carboxylic acids is 3. The molecule has 0 aliphatic carbocycles. The maximum absolute atomic E-state index is 13.2. The van der Waals surface area contributed by atoms with Crippen LogP contribution in [0, 0.1) is 5.41 Å². The van der Waals surface area contributed by atoms with Crippen LogP contribution < -0.4 is 10.6 Å². The number of carboxylic acid groups (broad SMARTS) is 1. The Labute approximate surface area is 223 Å². The third-order valence-electron chi connectivity index (χ3n) is 7.04. The van der Waals surface area contributed by atoms with E-state index in [4.69, 9.17) is 11.6 Å². The van der Waals surface area contributed by atoms with E-state index in [0.717, 1.165) is 12.8 Å². The number of aromatic nitrogens is 2. The van der Waals surface area contributed by atoms with Gasteiger partial charge in [0.25, 0.3) is 5.91 Å². The van der Waals surface area contributed by atoms with E-state index in [9.17, 15) is 24.3 Å². The zero-order chi connectivity index (χ0) is 26.7. The number of thioether (sulfide) groups is 1. The summed E-state index contributed by atoms with van der Waals surface area (Å²) in [6.07, 6.45) is 5.71. The van der Waals surface area contributed by atoms with Crippen LogP contribution in [-0.4, -0.2) is 68.5 Å². The van der Waals surface area contributed by atoms with Gasteiger partial charge in [0.05, 0.1) is 11.2 Å². The number of benzene rings is 1. The van der Waals surface area contributed by atoms with Crippen LogP contribution in [-0.2, 0) is 20.8 Å². The summed E-state index contributed by atoms with van der Waals surface area (Å²) in [5.74, 6) is -2.42. The molecule has 1 aromatic heterocycles. The Hall–Kier alpha value is -3.18. The average Bonchev–Trinajstić information content (AvgIpc) is 3.45. The molecule has 0 spiro atoms. The van der Waals surface area contributed by atoms with Crippen LogP contribution >= 0.6 is 23.4 Å². The molecule has 1 aromatic carbocycles. The molecule has 3 amide bonds. The van der Waals surface area contributed by atoms with Crippen molar-refractivity contribution in [3.63, 3.8) is 0 Å². The maximum Gasteiger partial charge on any atom is 0.326 e. The van der Waals surface area contributed by atoms with Crippen molar-refractivity contribution in [3.8, 4) is 0 Å². The number of anilines is 1. The predicted octanol–water partition coefficient (Wildman–Crippen LogP) is 3.01. The molecular weight excluding hydrogens is 518 g/mol. The molecule has 37 heavy (non-hydrogen) atoms. The summed E-state index contributed by atoms with van der Waals surface area (Å²) in [6, 6.07) is 5.43. The normalized spacial score (nSPS) is 21.4. The smallest absolute Gasteiger partial charge is 0.326 e. The van der Waals surface area contributed by atoms with Gasteiger partial charge < -0.3 is 20.6 Å². The summed E-state index contributed by atoms with van der Waals surface area (Å²) in [5, 5.41) is 15.6. The molecule has 12 heteroatoms. The topological polar surface area (TPSA) is 142 Å². The molecule has 0 saturated carbocycles. The second kappa shape index (κ2) is 11.1. The molecule has 2 fully saturated rings. The van der Waals surface area contributed by atoms with E-state index in [0.29, 0.717) is 35.8 Å². The summed E-state index contributed by atoms with van der Waals surface area (Å²) < 4.78 is 0. The molecule has 0 bridgehead atoms. The highest BCUT2D eigenvalue weighted by Gasteiger charge is 2.56. The lowest BCUT2D eigenvalue weighted by atomic mass is 9.80. The van der Waals surface area contributed by atoms with Crippen LogP contribution in [0.1, 0.15) is 48.7 Å². The Morgan fingerprint density at radius 2 is 2.03 bits per heavy atom. The van der Waals surface area contributed by atoms with Crippen LogP contribution in [0.25, 0.3) is 0 Å². The molecule has 2 aliphatic heterocycles. The van der Waals surface area contributed by atoms with E-state index in [1.54, 1.807) is 42.3 Å². The van der Waals surface area contributed by atoms with Gasteiger partial charge in [0, 0.05) is 24.7 Å². The molecule has 3 atom stereocenters.